The number of aromatic nitrogens is 2. The molecule has 0 unspecified atom stereocenters. The lowest BCUT2D eigenvalue weighted by Gasteiger charge is -2.20. The van der Waals surface area contributed by atoms with Crippen LogP contribution in [0.2, 0.25) is 0 Å². The second-order valence-corrected chi connectivity index (χ2v) is 8.69. The first-order valence-corrected chi connectivity index (χ1v) is 11.9. The second kappa shape index (κ2) is 11.1. The molecule has 1 N–H and O–H groups in total. The lowest BCUT2D eigenvalue weighted by molar-refractivity contribution is -0.116. The smallest absolute Gasteiger partial charge is 0.254 e. The molecule has 37 heavy (non-hydrogen) atoms. The number of hydrogen-bond acceptors (Lipinski definition) is 4. The Morgan fingerprint density at radius 2 is 1.70 bits per heavy atom. The van der Waals surface area contributed by atoms with Crippen molar-refractivity contribution >= 4 is 17.8 Å². The van der Waals surface area contributed by atoms with Crippen LogP contribution in [0.15, 0.2) is 72.9 Å². The van der Waals surface area contributed by atoms with Gasteiger partial charge in [-0.15, -0.1) is 0 Å². The van der Waals surface area contributed by atoms with E-state index >= 15 is 0 Å². The Kier molecular flexibility index (Phi) is 7.67. The third-order valence-corrected chi connectivity index (χ3v) is 6.21. The molecule has 1 aromatic heterocycles. The van der Waals surface area contributed by atoms with Crippen molar-refractivity contribution in [3.05, 3.63) is 95.4 Å². The van der Waals surface area contributed by atoms with E-state index in [0.29, 0.717) is 23.8 Å². The number of hydrogen-bond donors (Lipinski definition) is 1. The monoisotopic (exact) mass is 500 g/mol. The van der Waals surface area contributed by atoms with E-state index in [0.717, 1.165) is 28.1 Å². The number of likely N-dealkylation sites (N-methyl/N-ethyl adjacent to an activating group) is 1. The minimum atomic E-state index is -0.428. The van der Waals surface area contributed by atoms with Gasteiger partial charge in [-0.25, -0.2) is 9.37 Å². The summed E-state index contributed by atoms with van der Waals surface area (Å²) in [6.07, 6.45) is 1.86. The summed E-state index contributed by atoms with van der Waals surface area (Å²) in [6.45, 7) is 5.98. The fourth-order valence-electron chi connectivity index (χ4n) is 3.88. The average molecular weight is 501 g/mol. The fourth-order valence-corrected chi connectivity index (χ4v) is 3.88. The Balaban J connectivity index is 1.62. The topological polar surface area (TPSA) is 76.5 Å². The molecule has 4 rings (SSSR count). The van der Waals surface area contributed by atoms with Crippen LogP contribution >= 0.6 is 0 Å². The van der Waals surface area contributed by atoms with Crippen molar-refractivity contribution < 1.29 is 18.7 Å². The number of anilines is 1. The van der Waals surface area contributed by atoms with Crippen molar-refractivity contribution in [3.8, 4) is 22.7 Å². The van der Waals surface area contributed by atoms with Gasteiger partial charge >= 0.3 is 0 Å². The zero-order valence-corrected chi connectivity index (χ0v) is 21.3. The van der Waals surface area contributed by atoms with E-state index in [4.69, 9.17) is 9.72 Å². The normalized spacial score (nSPS) is 10.7. The second-order valence-electron chi connectivity index (χ2n) is 8.69. The molecule has 190 valence electrons. The molecule has 3 aromatic carbocycles. The number of benzene rings is 3. The molecule has 0 saturated heterocycles. The van der Waals surface area contributed by atoms with Gasteiger partial charge in [0.05, 0.1) is 12.8 Å². The third kappa shape index (κ3) is 5.86. The summed E-state index contributed by atoms with van der Waals surface area (Å²) in [4.78, 5) is 32.0. The van der Waals surface area contributed by atoms with Gasteiger partial charge in [0.2, 0.25) is 11.9 Å². The van der Waals surface area contributed by atoms with Crippen molar-refractivity contribution in [1.29, 1.82) is 0 Å². The van der Waals surface area contributed by atoms with Crippen molar-refractivity contribution in [2.45, 2.75) is 20.8 Å². The summed E-state index contributed by atoms with van der Waals surface area (Å²) in [5, 5.41) is 2.87. The van der Waals surface area contributed by atoms with Crippen LogP contribution in [-0.4, -0.2) is 46.5 Å². The molecule has 0 bridgehead atoms. The number of carbonyl (C=O) groups is 2. The van der Waals surface area contributed by atoms with Gasteiger partial charge in [0, 0.05) is 29.6 Å². The van der Waals surface area contributed by atoms with E-state index in [-0.39, 0.29) is 12.5 Å². The molecular formula is C29H29FN4O3. The van der Waals surface area contributed by atoms with E-state index in [1.54, 1.807) is 14.0 Å². The molecule has 0 atom stereocenters. The van der Waals surface area contributed by atoms with Gasteiger partial charge in [0.15, 0.2) is 0 Å². The molecule has 0 spiro atoms. The minimum Gasteiger partial charge on any atom is -0.497 e. The highest BCUT2D eigenvalue weighted by atomic mass is 19.1. The van der Waals surface area contributed by atoms with Gasteiger partial charge in [-0.05, 0) is 92.6 Å². The van der Waals surface area contributed by atoms with Crippen LogP contribution < -0.4 is 10.1 Å². The van der Waals surface area contributed by atoms with Crippen LogP contribution in [0.25, 0.3) is 16.9 Å². The van der Waals surface area contributed by atoms with E-state index in [2.05, 4.69) is 5.32 Å². The molecule has 4 aromatic rings. The van der Waals surface area contributed by atoms with Crippen molar-refractivity contribution in [2.24, 2.45) is 0 Å². The maximum atomic E-state index is 13.3. The largest absolute Gasteiger partial charge is 0.497 e. The van der Waals surface area contributed by atoms with Crippen LogP contribution in [0.4, 0.5) is 10.3 Å². The number of methoxy groups -OCH3 is 1. The first-order chi connectivity index (χ1) is 17.8. The standard InChI is InChI=1S/C29H29FN4O3/c1-5-33(28(36)22-7-11-23(30)12-8-22)18-27(35)32-29-31-26(21-9-14-25(37-4)15-10-21)17-34(29)24-13-6-19(2)20(3)16-24/h6-17H,5,18H2,1-4H3,(H,31,32,35). The van der Waals surface area contributed by atoms with Crippen molar-refractivity contribution in [1.82, 2.24) is 14.5 Å². The number of rotatable bonds is 8. The Hall–Kier alpha value is -4.46. The fraction of sp³-hybridized carbons (Fsp3) is 0.207. The molecule has 0 aliphatic rings. The molecule has 8 heteroatoms. The highest BCUT2D eigenvalue weighted by molar-refractivity contribution is 5.99. The molecule has 0 aliphatic heterocycles. The molecular weight excluding hydrogens is 471 g/mol. The Morgan fingerprint density at radius 3 is 2.32 bits per heavy atom. The summed E-state index contributed by atoms with van der Waals surface area (Å²) >= 11 is 0. The van der Waals surface area contributed by atoms with E-state index in [1.807, 2.05) is 67.1 Å². The van der Waals surface area contributed by atoms with E-state index in [1.165, 1.54) is 29.2 Å². The molecule has 0 aliphatic carbocycles. The van der Waals surface area contributed by atoms with Gasteiger partial charge in [-0.3, -0.25) is 19.5 Å². The van der Waals surface area contributed by atoms with Crippen molar-refractivity contribution in [2.75, 3.05) is 25.5 Å². The van der Waals surface area contributed by atoms with Crippen LogP contribution in [0.1, 0.15) is 28.4 Å². The molecule has 0 fully saturated rings. The number of aryl methyl sites for hydroxylation is 2. The third-order valence-electron chi connectivity index (χ3n) is 6.21. The highest BCUT2D eigenvalue weighted by Gasteiger charge is 2.20. The number of carbonyl (C=O) groups excluding carboxylic acids is 2. The Labute approximate surface area is 215 Å². The number of nitrogens with zero attached hydrogens (tertiary/aromatic N) is 3. The zero-order chi connectivity index (χ0) is 26.5. The van der Waals surface area contributed by atoms with E-state index < -0.39 is 11.7 Å². The number of halogens is 1. The van der Waals surface area contributed by atoms with Crippen LogP contribution in [-0.2, 0) is 4.79 Å². The van der Waals surface area contributed by atoms with E-state index in [9.17, 15) is 14.0 Å². The van der Waals surface area contributed by atoms with Gasteiger partial charge in [0.1, 0.15) is 18.1 Å². The number of imidazole rings is 1. The highest BCUT2D eigenvalue weighted by Crippen LogP contribution is 2.27. The molecule has 0 radical (unpaired) electrons. The number of ether oxygens (including phenoxy) is 1. The lowest BCUT2D eigenvalue weighted by Crippen LogP contribution is -2.38. The Morgan fingerprint density at radius 1 is 1.00 bits per heavy atom. The molecule has 1 heterocycles. The van der Waals surface area contributed by atoms with Crippen molar-refractivity contribution in [3.63, 3.8) is 0 Å². The maximum Gasteiger partial charge on any atom is 0.254 e. The average Bonchev–Trinajstić information content (AvgIpc) is 3.32. The summed E-state index contributed by atoms with van der Waals surface area (Å²) in [5.74, 6) is -0.104. The number of nitrogens with one attached hydrogen (secondary N) is 1. The van der Waals surface area contributed by atoms with Crippen LogP contribution in [0.5, 0.6) is 5.75 Å². The Bertz CT molecular complexity index is 1410. The first-order valence-electron chi connectivity index (χ1n) is 11.9. The van der Waals surface area contributed by atoms with Gasteiger partial charge < -0.3 is 9.64 Å². The zero-order valence-electron chi connectivity index (χ0n) is 21.3. The maximum absolute atomic E-state index is 13.3. The lowest BCUT2D eigenvalue weighted by atomic mass is 10.1. The van der Waals surface area contributed by atoms with Gasteiger partial charge in [-0.2, -0.15) is 0 Å². The molecule has 2 amide bonds. The summed E-state index contributed by atoms with van der Waals surface area (Å²) in [5.41, 5.74) is 4.96. The van der Waals surface area contributed by atoms with Crippen LogP contribution in [0.3, 0.4) is 0 Å². The molecule has 7 nitrogen and oxygen atoms in total. The number of amides is 2. The van der Waals surface area contributed by atoms with Gasteiger partial charge in [0.25, 0.3) is 5.91 Å². The summed E-state index contributed by atoms with van der Waals surface area (Å²) in [7, 11) is 1.61. The first kappa shape index (κ1) is 25.6. The minimum absolute atomic E-state index is 0.176. The van der Waals surface area contributed by atoms with Gasteiger partial charge in [-0.1, -0.05) is 6.07 Å². The SMILES string of the molecule is CCN(CC(=O)Nc1nc(-c2ccc(OC)cc2)cn1-c1ccc(C)c(C)c1)C(=O)c1ccc(F)cc1. The predicted octanol–water partition coefficient (Wildman–Crippen LogP) is 5.40. The molecule has 0 saturated carbocycles. The summed E-state index contributed by atoms with van der Waals surface area (Å²) in [6, 6.07) is 18.8. The summed E-state index contributed by atoms with van der Waals surface area (Å²) < 4.78 is 20.3. The van der Waals surface area contributed by atoms with Crippen LogP contribution in [0, 0.1) is 19.7 Å². The predicted molar refractivity (Wildman–Crippen MR) is 142 cm³/mol. The quantitative estimate of drug-likeness (QED) is 0.351.